The Hall–Kier alpha value is -0.930. The quantitative estimate of drug-likeness (QED) is 0.665. The van der Waals surface area contributed by atoms with Crippen LogP contribution in [-0.2, 0) is 0 Å². The van der Waals surface area contributed by atoms with E-state index < -0.39 is 0 Å². The van der Waals surface area contributed by atoms with Gasteiger partial charge < -0.3 is 0 Å². The van der Waals surface area contributed by atoms with Crippen LogP contribution in [0.2, 0.25) is 5.15 Å². The van der Waals surface area contributed by atoms with Crippen LogP contribution in [0.3, 0.4) is 0 Å². The predicted molar refractivity (Wildman–Crippen MR) is 86.1 cm³/mol. The van der Waals surface area contributed by atoms with Gasteiger partial charge in [0.25, 0.3) is 0 Å². The van der Waals surface area contributed by atoms with Crippen molar-refractivity contribution >= 4 is 27.5 Å². The largest absolute Gasteiger partial charge is 0.231 e. The van der Waals surface area contributed by atoms with Crippen molar-refractivity contribution in [2.24, 2.45) is 0 Å². The van der Waals surface area contributed by atoms with E-state index in [-0.39, 0.29) is 0 Å². The molecule has 2 aromatic rings. The molecular formula is C16H16BrClN2. The molecule has 1 heterocycles. The molecule has 0 radical (unpaired) electrons. The molecule has 20 heavy (non-hydrogen) atoms. The number of nitrogens with zero attached hydrogens (tertiary/aromatic N) is 2. The molecule has 2 nitrogen and oxygen atoms in total. The topological polar surface area (TPSA) is 25.8 Å². The van der Waals surface area contributed by atoms with Crippen molar-refractivity contribution in [1.82, 2.24) is 9.97 Å². The summed E-state index contributed by atoms with van der Waals surface area (Å²) in [4.78, 5) is 9.25. The molecule has 0 atom stereocenters. The fraction of sp³-hybridized carbons (Fsp3) is 0.375. The molecule has 1 aliphatic rings. The minimum atomic E-state index is 0.507. The normalized spacial score (nSPS) is 15.8. The van der Waals surface area contributed by atoms with Crippen LogP contribution in [0, 0.1) is 6.92 Å². The van der Waals surface area contributed by atoms with Crippen LogP contribution in [-0.4, -0.2) is 9.97 Å². The molecule has 0 aliphatic heterocycles. The summed E-state index contributed by atoms with van der Waals surface area (Å²) in [5, 5.41) is 0.514. The Morgan fingerprint density at radius 3 is 2.55 bits per heavy atom. The third-order valence-corrected chi connectivity index (χ3v) is 5.25. The van der Waals surface area contributed by atoms with Gasteiger partial charge in [-0.15, -0.1) is 0 Å². The SMILES string of the molecule is Cc1ccccc1-c1nc(Cl)c(Br)c(C2CCCC2)n1. The zero-order valence-electron chi connectivity index (χ0n) is 11.4. The maximum atomic E-state index is 6.30. The molecule has 0 amide bonds. The van der Waals surface area contributed by atoms with Crippen LogP contribution in [0.5, 0.6) is 0 Å². The summed E-state index contributed by atoms with van der Waals surface area (Å²) in [7, 11) is 0. The molecule has 1 aliphatic carbocycles. The highest BCUT2D eigenvalue weighted by molar-refractivity contribution is 9.10. The van der Waals surface area contributed by atoms with Crippen LogP contribution in [0.1, 0.15) is 42.9 Å². The molecule has 1 aromatic heterocycles. The molecule has 1 saturated carbocycles. The number of hydrogen-bond acceptors (Lipinski definition) is 2. The van der Waals surface area contributed by atoms with Crippen LogP contribution in [0.25, 0.3) is 11.4 Å². The monoisotopic (exact) mass is 350 g/mol. The summed E-state index contributed by atoms with van der Waals surface area (Å²) in [6.45, 7) is 2.07. The lowest BCUT2D eigenvalue weighted by atomic mass is 10.0. The maximum absolute atomic E-state index is 6.30. The highest BCUT2D eigenvalue weighted by Gasteiger charge is 2.24. The molecule has 4 heteroatoms. The van der Waals surface area contributed by atoms with Gasteiger partial charge in [-0.1, -0.05) is 48.7 Å². The lowest BCUT2D eigenvalue weighted by molar-refractivity contribution is 0.690. The summed E-state index contributed by atoms with van der Waals surface area (Å²) in [5.74, 6) is 1.24. The molecule has 0 N–H and O–H groups in total. The molecule has 3 rings (SSSR count). The first-order chi connectivity index (χ1) is 9.66. The van der Waals surface area contributed by atoms with Gasteiger partial charge in [-0.05, 0) is 41.3 Å². The Morgan fingerprint density at radius 1 is 1.15 bits per heavy atom. The zero-order valence-corrected chi connectivity index (χ0v) is 13.7. The second-order valence-corrected chi connectivity index (χ2v) is 6.48. The summed E-state index contributed by atoms with van der Waals surface area (Å²) in [6.07, 6.45) is 4.94. The third-order valence-electron chi connectivity index (χ3n) is 3.96. The van der Waals surface area contributed by atoms with Crippen molar-refractivity contribution in [2.75, 3.05) is 0 Å². The van der Waals surface area contributed by atoms with Crippen molar-refractivity contribution in [3.05, 3.63) is 45.1 Å². The van der Waals surface area contributed by atoms with Gasteiger partial charge in [0.15, 0.2) is 5.82 Å². The summed E-state index contributed by atoms with van der Waals surface area (Å²) < 4.78 is 0.864. The fourth-order valence-corrected chi connectivity index (χ4v) is 3.53. The average Bonchev–Trinajstić information content (AvgIpc) is 2.96. The standard InChI is InChI=1S/C16H16BrClN2/c1-10-6-2-5-9-12(10)16-19-14(11-7-3-4-8-11)13(17)15(18)20-16/h2,5-6,9,11H,3-4,7-8H2,1H3. The predicted octanol–water partition coefficient (Wildman–Crippen LogP) is 5.53. The second-order valence-electron chi connectivity index (χ2n) is 5.33. The molecule has 0 bridgehead atoms. The Morgan fingerprint density at radius 2 is 1.85 bits per heavy atom. The first-order valence-electron chi connectivity index (χ1n) is 6.95. The van der Waals surface area contributed by atoms with Gasteiger partial charge in [0.05, 0.1) is 10.2 Å². The Labute approximate surface area is 132 Å². The van der Waals surface area contributed by atoms with E-state index in [9.17, 15) is 0 Å². The van der Waals surface area contributed by atoms with Gasteiger partial charge in [-0.3, -0.25) is 0 Å². The number of aryl methyl sites for hydroxylation is 1. The van der Waals surface area contributed by atoms with Crippen LogP contribution >= 0.6 is 27.5 Å². The summed E-state index contributed by atoms with van der Waals surface area (Å²) in [6, 6.07) is 8.16. The second kappa shape index (κ2) is 5.82. The first-order valence-corrected chi connectivity index (χ1v) is 8.13. The Kier molecular flexibility index (Phi) is 4.08. The van der Waals surface area contributed by atoms with Crippen molar-refractivity contribution < 1.29 is 0 Å². The number of rotatable bonds is 2. The minimum Gasteiger partial charge on any atom is -0.231 e. The van der Waals surface area contributed by atoms with E-state index in [1.807, 2.05) is 18.2 Å². The van der Waals surface area contributed by atoms with Crippen LogP contribution < -0.4 is 0 Å². The number of halogens is 2. The van der Waals surface area contributed by atoms with Crippen molar-refractivity contribution in [3.63, 3.8) is 0 Å². The molecule has 1 aromatic carbocycles. The highest BCUT2D eigenvalue weighted by Crippen LogP contribution is 2.39. The lowest BCUT2D eigenvalue weighted by Gasteiger charge is -2.14. The fourth-order valence-electron chi connectivity index (χ4n) is 2.85. The molecule has 0 saturated heterocycles. The van der Waals surface area contributed by atoms with Crippen LogP contribution in [0.4, 0.5) is 0 Å². The van der Waals surface area contributed by atoms with E-state index in [1.165, 1.54) is 31.2 Å². The Bertz CT molecular complexity index is 636. The smallest absolute Gasteiger partial charge is 0.161 e. The van der Waals surface area contributed by atoms with E-state index in [1.54, 1.807) is 0 Å². The number of benzene rings is 1. The van der Waals surface area contributed by atoms with Crippen LogP contribution in [0.15, 0.2) is 28.7 Å². The van der Waals surface area contributed by atoms with E-state index in [4.69, 9.17) is 16.6 Å². The van der Waals surface area contributed by atoms with Gasteiger partial charge in [-0.2, -0.15) is 0 Å². The van der Waals surface area contributed by atoms with Crippen molar-refractivity contribution in [3.8, 4) is 11.4 Å². The summed E-state index contributed by atoms with van der Waals surface area (Å²) in [5.41, 5.74) is 3.30. The molecule has 0 unspecified atom stereocenters. The van der Waals surface area contributed by atoms with E-state index in [0.29, 0.717) is 11.1 Å². The van der Waals surface area contributed by atoms with E-state index >= 15 is 0 Å². The van der Waals surface area contributed by atoms with E-state index in [0.717, 1.165) is 21.6 Å². The van der Waals surface area contributed by atoms with Gasteiger partial charge in [0.1, 0.15) is 5.15 Å². The van der Waals surface area contributed by atoms with Gasteiger partial charge in [0.2, 0.25) is 0 Å². The molecule has 0 spiro atoms. The molecular weight excluding hydrogens is 336 g/mol. The van der Waals surface area contributed by atoms with Gasteiger partial charge >= 0.3 is 0 Å². The van der Waals surface area contributed by atoms with E-state index in [2.05, 4.69) is 33.9 Å². The van der Waals surface area contributed by atoms with Gasteiger partial charge in [-0.25, -0.2) is 9.97 Å². The van der Waals surface area contributed by atoms with Crippen molar-refractivity contribution in [2.45, 2.75) is 38.5 Å². The average molecular weight is 352 g/mol. The number of hydrogen-bond donors (Lipinski definition) is 0. The Balaban J connectivity index is 2.11. The number of aromatic nitrogens is 2. The van der Waals surface area contributed by atoms with Gasteiger partial charge in [0, 0.05) is 11.5 Å². The maximum Gasteiger partial charge on any atom is 0.161 e. The molecule has 1 fully saturated rings. The first kappa shape index (κ1) is 14.0. The zero-order chi connectivity index (χ0) is 14.1. The molecule has 104 valence electrons. The lowest BCUT2D eigenvalue weighted by Crippen LogP contribution is -2.03. The summed E-state index contributed by atoms with van der Waals surface area (Å²) >= 11 is 9.86. The van der Waals surface area contributed by atoms with Crippen molar-refractivity contribution in [1.29, 1.82) is 0 Å². The minimum absolute atomic E-state index is 0.507. The highest BCUT2D eigenvalue weighted by atomic mass is 79.9. The third kappa shape index (κ3) is 2.61.